The first-order chi connectivity index (χ1) is 7.10. The highest BCUT2D eigenvalue weighted by atomic mass is 16.5. The zero-order valence-electron chi connectivity index (χ0n) is 8.71. The Labute approximate surface area is 87.9 Å². The molecule has 0 aromatic rings. The van der Waals surface area contributed by atoms with Gasteiger partial charge in [-0.2, -0.15) is 0 Å². The van der Waals surface area contributed by atoms with Gasteiger partial charge in [0, 0.05) is 18.6 Å². The number of carbonyl (C=O) groups is 2. The number of ether oxygens (including phenoxy) is 1. The topological polar surface area (TPSA) is 70.5 Å². The molecule has 1 atom stereocenters. The Bertz CT molecular complexity index is 340. The van der Waals surface area contributed by atoms with Crippen LogP contribution < -0.4 is 0 Å². The van der Waals surface area contributed by atoms with Gasteiger partial charge in [-0.05, 0) is 13.3 Å². The maximum absolute atomic E-state index is 11.8. The third-order valence-corrected chi connectivity index (χ3v) is 3.08. The van der Waals surface area contributed by atoms with E-state index in [4.69, 9.17) is 10.1 Å². The average molecular weight is 210 g/mol. The normalized spacial score (nSPS) is 29.5. The number of hydrogen-bond donors (Lipinski definition) is 1. The Morgan fingerprint density at radius 2 is 2.40 bits per heavy atom. The Balaban J connectivity index is 2.28. The van der Waals surface area contributed by atoms with Crippen LogP contribution >= 0.6 is 0 Å². The molecule has 1 amide bonds. The van der Waals surface area contributed by atoms with Crippen molar-refractivity contribution in [2.45, 2.75) is 31.7 Å². The maximum Gasteiger partial charge on any atom is 0.332 e. The molecule has 2 rings (SSSR count). The van der Waals surface area contributed by atoms with E-state index in [0.29, 0.717) is 31.6 Å². The lowest BCUT2D eigenvalue weighted by Gasteiger charge is -2.28. The quantitative estimate of drug-likeness (QED) is 0.668. The summed E-state index contributed by atoms with van der Waals surface area (Å²) >= 11 is 0. The smallest absolute Gasteiger partial charge is 0.332 e. The zero-order valence-corrected chi connectivity index (χ0v) is 8.71. The molecule has 2 aliphatic rings. The molecule has 1 N–H and O–H groups in total. The number of carbonyl (C=O) groups excluding carboxylic acids is 2. The largest absolute Gasteiger partial charge is 0.464 e. The third kappa shape index (κ3) is 1.33. The van der Waals surface area contributed by atoms with Crippen molar-refractivity contribution in [3.05, 3.63) is 0 Å². The van der Waals surface area contributed by atoms with Crippen LogP contribution in [0.25, 0.3) is 0 Å². The van der Waals surface area contributed by atoms with Crippen LogP contribution in [0.15, 0.2) is 0 Å². The lowest BCUT2D eigenvalue weighted by Crippen LogP contribution is -2.48. The first-order valence-electron chi connectivity index (χ1n) is 5.14. The number of nitrogens with zero attached hydrogens (tertiary/aromatic N) is 1. The molecule has 2 aliphatic heterocycles. The van der Waals surface area contributed by atoms with Gasteiger partial charge in [-0.25, -0.2) is 4.79 Å². The molecule has 82 valence electrons. The highest BCUT2D eigenvalue weighted by Crippen LogP contribution is 2.39. The Hall–Kier alpha value is -1.39. The summed E-state index contributed by atoms with van der Waals surface area (Å²) in [6, 6.07) is 0. The van der Waals surface area contributed by atoms with Gasteiger partial charge in [0.05, 0.1) is 13.2 Å². The molecular weight excluding hydrogens is 196 g/mol. The van der Waals surface area contributed by atoms with E-state index in [1.54, 1.807) is 6.92 Å². The lowest BCUT2D eigenvalue weighted by atomic mass is 9.94. The predicted molar refractivity (Wildman–Crippen MR) is 52.7 cm³/mol. The van der Waals surface area contributed by atoms with Crippen LogP contribution in [0.1, 0.15) is 26.2 Å². The summed E-state index contributed by atoms with van der Waals surface area (Å²) < 4.78 is 5.00. The van der Waals surface area contributed by atoms with Crippen molar-refractivity contribution >= 4 is 17.6 Å². The van der Waals surface area contributed by atoms with Crippen molar-refractivity contribution in [2.75, 3.05) is 13.2 Å². The fourth-order valence-corrected chi connectivity index (χ4v) is 2.40. The van der Waals surface area contributed by atoms with Gasteiger partial charge in [0.25, 0.3) is 0 Å². The van der Waals surface area contributed by atoms with Gasteiger partial charge in [0.1, 0.15) is 5.54 Å². The zero-order chi connectivity index (χ0) is 11.1. The molecule has 0 unspecified atom stereocenters. The third-order valence-electron chi connectivity index (χ3n) is 3.08. The fourth-order valence-electron chi connectivity index (χ4n) is 2.40. The van der Waals surface area contributed by atoms with E-state index in [1.165, 1.54) is 4.90 Å². The van der Waals surface area contributed by atoms with Crippen LogP contribution in [0.5, 0.6) is 0 Å². The van der Waals surface area contributed by atoms with Crippen LogP contribution in [0, 0.1) is 5.41 Å². The summed E-state index contributed by atoms with van der Waals surface area (Å²) in [5.41, 5.74) is -0.402. The molecule has 2 fully saturated rings. The molecular formula is C10H14N2O3. The minimum absolute atomic E-state index is 0.0368. The van der Waals surface area contributed by atoms with E-state index < -0.39 is 5.54 Å². The van der Waals surface area contributed by atoms with Crippen molar-refractivity contribution in [2.24, 2.45) is 0 Å². The summed E-state index contributed by atoms with van der Waals surface area (Å²) in [7, 11) is 0. The van der Waals surface area contributed by atoms with Gasteiger partial charge in [0.15, 0.2) is 0 Å². The van der Waals surface area contributed by atoms with Crippen LogP contribution in [-0.4, -0.2) is 41.2 Å². The summed E-state index contributed by atoms with van der Waals surface area (Å²) in [5.74, 6) is -0.386. The Morgan fingerprint density at radius 3 is 3.07 bits per heavy atom. The summed E-state index contributed by atoms with van der Waals surface area (Å²) in [6.45, 7) is 2.35. The second kappa shape index (κ2) is 3.32. The molecule has 2 heterocycles. The van der Waals surface area contributed by atoms with Gasteiger partial charge < -0.3 is 15.0 Å². The molecule has 2 saturated heterocycles. The van der Waals surface area contributed by atoms with E-state index in [2.05, 4.69) is 0 Å². The van der Waals surface area contributed by atoms with Crippen molar-refractivity contribution in [3.8, 4) is 0 Å². The standard InChI is InChI=1S/C10H14N2O3/c1-2-15-9(14)10-4-3-8(13)12(10)6-7(11)5-10/h11H,2-6H2,1H3/t10-/m0/s1. The predicted octanol–water partition coefficient (Wildman–Crippen LogP) is 0.334. The molecule has 5 nitrogen and oxygen atoms in total. The summed E-state index contributed by atoms with van der Waals surface area (Å²) in [5, 5.41) is 7.59. The van der Waals surface area contributed by atoms with Crippen LogP contribution in [-0.2, 0) is 14.3 Å². The van der Waals surface area contributed by atoms with E-state index in [1.807, 2.05) is 0 Å². The maximum atomic E-state index is 11.8. The van der Waals surface area contributed by atoms with Crippen LogP contribution in [0.4, 0.5) is 0 Å². The summed E-state index contributed by atoms with van der Waals surface area (Å²) in [6.07, 6.45) is 1.23. The van der Waals surface area contributed by atoms with E-state index >= 15 is 0 Å². The SMILES string of the molecule is CCOC(=O)[C@@]12CCC(=O)N1CC(=N)C2. The van der Waals surface area contributed by atoms with Gasteiger partial charge in [0.2, 0.25) is 5.91 Å². The average Bonchev–Trinajstić information content (AvgIpc) is 2.66. The van der Waals surface area contributed by atoms with Gasteiger partial charge in [-0.15, -0.1) is 0 Å². The minimum atomic E-state index is -0.843. The number of hydrogen-bond acceptors (Lipinski definition) is 4. The second-order valence-electron chi connectivity index (χ2n) is 4.01. The van der Waals surface area contributed by atoms with Gasteiger partial charge in [-0.1, -0.05) is 0 Å². The number of esters is 1. The van der Waals surface area contributed by atoms with Gasteiger partial charge in [-0.3, -0.25) is 4.79 Å². The number of fused-ring (bicyclic) bond motifs is 1. The molecule has 15 heavy (non-hydrogen) atoms. The number of amides is 1. The number of rotatable bonds is 2. The molecule has 0 aliphatic carbocycles. The highest BCUT2D eigenvalue weighted by Gasteiger charge is 2.56. The van der Waals surface area contributed by atoms with Crippen molar-refractivity contribution in [1.82, 2.24) is 4.90 Å². The molecule has 0 aromatic heterocycles. The Kier molecular flexibility index (Phi) is 2.25. The molecule has 0 saturated carbocycles. The molecule has 0 radical (unpaired) electrons. The minimum Gasteiger partial charge on any atom is -0.464 e. The van der Waals surface area contributed by atoms with Crippen molar-refractivity contribution in [1.29, 1.82) is 5.41 Å². The second-order valence-corrected chi connectivity index (χ2v) is 4.01. The highest BCUT2D eigenvalue weighted by molar-refractivity contribution is 6.03. The first kappa shape index (κ1) is 10.1. The Morgan fingerprint density at radius 1 is 1.67 bits per heavy atom. The molecule has 5 heteroatoms. The van der Waals surface area contributed by atoms with Crippen LogP contribution in [0.3, 0.4) is 0 Å². The van der Waals surface area contributed by atoms with Gasteiger partial charge >= 0.3 is 5.97 Å². The van der Waals surface area contributed by atoms with Crippen LogP contribution in [0.2, 0.25) is 0 Å². The lowest BCUT2D eigenvalue weighted by molar-refractivity contribution is -0.157. The van der Waals surface area contributed by atoms with Crippen molar-refractivity contribution < 1.29 is 14.3 Å². The molecule has 0 bridgehead atoms. The van der Waals surface area contributed by atoms with E-state index in [9.17, 15) is 9.59 Å². The van der Waals surface area contributed by atoms with E-state index in [-0.39, 0.29) is 18.4 Å². The fraction of sp³-hybridized carbons (Fsp3) is 0.700. The number of nitrogens with one attached hydrogen (secondary N) is 1. The van der Waals surface area contributed by atoms with Crippen molar-refractivity contribution in [3.63, 3.8) is 0 Å². The monoisotopic (exact) mass is 210 g/mol. The van der Waals surface area contributed by atoms with E-state index in [0.717, 1.165) is 0 Å². The first-order valence-corrected chi connectivity index (χ1v) is 5.14. The molecule has 0 spiro atoms. The summed E-state index contributed by atoms with van der Waals surface area (Å²) in [4.78, 5) is 24.9. The molecule has 0 aromatic carbocycles.